The van der Waals surface area contributed by atoms with Gasteiger partial charge in [-0.3, -0.25) is 9.59 Å². The molecule has 0 aliphatic carbocycles. The van der Waals surface area contributed by atoms with E-state index in [1.807, 2.05) is 0 Å². The van der Waals surface area contributed by atoms with Crippen molar-refractivity contribution in [1.82, 2.24) is 4.90 Å². The van der Waals surface area contributed by atoms with Crippen LogP contribution in [0.2, 0.25) is 0 Å². The summed E-state index contributed by atoms with van der Waals surface area (Å²) in [4.78, 5) is 24.8. The van der Waals surface area contributed by atoms with E-state index in [1.165, 1.54) is 11.0 Å². The Hall–Kier alpha value is -2.09. The van der Waals surface area contributed by atoms with Crippen LogP contribution in [0.4, 0.5) is 13.2 Å². The van der Waals surface area contributed by atoms with Gasteiger partial charge >= 0.3 is 12.1 Å². The molecule has 0 radical (unpaired) electrons. The number of halogens is 3. The number of rotatable bonds is 5. The van der Waals surface area contributed by atoms with Crippen LogP contribution in [0, 0.1) is 5.92 Å². The lowest BCUT2D eigenvalue weighted by atomic mass is 9.97. The fraction of sp³-hybridized carbons (Fsp3) is 0.529. The Morgan fingerprint density at radius 1 is 1.40 bits per heavy atom. The Morgan fingerprint density at radius 3 is 2.76 bits per heavy atom. The van der Waals surface area contributed by atoms with Gasteiger partial charge in [0.05, 0.1) is 24.7 Å². The smallest absolute Gasteiger partial charge is 0.416 e. The van der Waals surface area contributed by atoms with Crippen LogP contribution >= 0.6 is 0 Å². The highest BCUT2D eigenvalue weighted by Gasteiger charge is 2.31. The first kappa shape index (κ1) is 19.2. The van der Waals surface area contributed by atoms with Crippen molar-refractivity contribution in [3.8, 4) is 0 Å². The third-order valence-corrected chi connectivity index (χ3v) is 4.07. The largest absolute Gasteiger partial charge is 0.481 e. The summed E-state index contributed by atoms with van der Waals surface area (Å²) in [7, 11) is 0. The molecule has 138 valence electrons. The van der Waals surface area contributed by atoms with Crippen LogP contribution < -0.4 is 0 Å². The third kappa shape index (κ3) is 5.45. The summed E-state index contributed by atoms with van der Waals surface area (Å²) < 4.78 is 43.6. The number of carbonyl (C=O) groups excluding carboxylic acids is 1. The van der Waals surface area contributed by atoms with Gasteiger partial charge in [0.1, 0.15) is 0 Å². The number of hydrogen-bond acceptors (Lipinski definition) is 3. The van der Waals surface area contributed by atoms with Gasteiger partial charge in [-0.1, -0.05) is 25.1 Å². The standard InChI is InChI=1S/C17H20F3NO4/c1-11(7-12-3-2-4-13(8-12)17(18,19)20)16(24)21-5-6-25-14(10-21)9-15(22)23/h2-4,8,11,14H,5-7,9-10H2,1H3,(H,22,23)/t11-,14+/m1/s1. The fourth-order valence-electron chi connectivity index (χ4n) is 2.86. The minimum absolute atomic E-state index is 0.179. The molecule has 1 saturated heterocycles. The summed E-state index contributed by atoms with van der Waals surface area (Å²) in [5, 5.41) is 8.81. The topological polar surface area (TPSA) is 66.8 Å². The van der Waals surface area contributed by atoms with Crippen LogP contribution in [-0.4, -0.2) is 47.7 Å². The average molecular weight is 359 g/mol. The Balaban J connectivity index is 1.99. The van der Waals surface area contributed by atoms with Gasteiger partial charge in [0.15, 0.2) is 0 Å². The van der Waals surface area contributed by atoms with E-state index < -0.39 is 29.7 Å². The minimum atomic E-state index is -4.42. The molecule has 5 nitrogen and oxygen atoms in total. The second kappa shape index (κ2) is 7.86. The molecule has 1 N–H and O–H groups in total. The number of carbonyl (C=O) groups is 2. The van der Waals surface area contributed by atoms with E-state index in [4.69, 9.17) is 9.84 Å². The van der Waals surface area contributed by atoms with E-state index in [0.717, 1.165) is 12.1 Å². The van der Waals surface area contributed by atoms with E-state index in [2.05, 4.69) is 0 Å². The van der Waals surface area contributed by atoms with Gasteiger partial charge < -0.3 is 14.7 Å². The van der Waals surface area contributed by atoms with Gasteiger partial charge in [-0.25, -0.2) is 0 Å². The molecule has 1 amide bonds. The average Bonchev–Trinajstić information content (AvgIpc) is 2.53. The number of alkyl halides is 3. The quantitative estimate of drug-likeness (QED) is 0.878. The normalized spacial score (nSPS) is 19.5. The second-order valence-corrected chi connectivity index (χ2v) is 6.18. The molecule has 1 aromatic rings. The molecule has 0 saturated carbocycles. The number of benzene rings is 1. The maximum Gasteiger partial charge on any atom is 0.416 e. The minimum Gasteiger partial charge on any atom is -0.481 e. The summed E-state index contributed by atoms with van der Waals surface area (Å²) in [6.07, 6.45) is -4.98. The lowest BCUT2D eigenvalue weighted by molar-refractivity contribution is -0.149. The second-order valence-electron chi connectivity index (χ2n) is 6.18. The van der Waals surface area contributed by atoms with Gasteiger partial charge in [-0.2, -0.15) is 13.2 Å². The molecule has 25 heavy (non-hydrogen) atoms. The van der Waals surface area contributed by atoms with Crippen LogP contribution in [0.5, 0.6) is 0 Å². The monoisotopic (exact) mass is 359 g/mol. The molecule has 2 rings (SSSR count). The molecule has 1 aliphatic heterocycles. The Bertz CT molecular complexity index is 633. The van der Waals surface area contributed by atoms with Crippen molar-refractivity contribution in [2.24, 2.45) is 5.92 Å². The van der Waals surface area contributed by atoms with E-state index in [-0.39, 0.29) is 31.9 Å². The van der Waals surface area contributed by atoms with Crippen molar-refractivity contribution in [3.63, 3.8) is 0 Å². The number of nitrogens with zero attached hydrogens (tertiary/aromatic N) is 1. The molecule has 1 fully saturated rings. The maximum atomic E-state index is 12.8. The number of hydrogen-bond donors (Lipinski definition) is 1. The number of carboxylic acid groups (broad SMARTS) is 1. The number of aliphatic carboxylic acids is 1. The van der Waals surface area contributed by atoms with E-state index in [9.17, 15) is 22.8 Å². The SMILES string of the molecule is C[C@H](Cc1cccc(C(F)(F)F)c1)C(=O)N1CCO[C@@H](CC(=O)O)C1. The zero-order chi connectivity index (χ0) is 18.6. The number of morpholine rings is 1. The number of carboxylic acids is 1. The maximum absolute atomic E-state index is 12.8. The zero-order valence-electron chi connectivity index (χ0n) is 13.8. The van der Waals surface area contributed by atoms with Crippen molar-refractivity contribution in [2.75, 3.05) is 19.7 Å². The lowest BCUT2D eigenvalue weighted by Crippen LogP contribution is -2.48. The Kier molecular flexibility index (Phi) is 6.05. The van der Waals surface area contributed by atoms with Crippen LogP contribution in [-0.2, 0) is 26.9 Å². The molecule has 0 bridgehead atoms. The Morgan fingerprint density at radius 2 is 2.12 bits per heavy atom. The first-order chi connectivity index (χ1) is 11.7. The van der Waals surface area contributed by atoms with Gasteiger partial charge in [0, 0.05) is 19.0 Å². The predicted octanol–water partition coefficient (Wildman–Crippen LogP) is 2.59. The van der Waals surface area contributed by atoms with Crippen molar-refractivity contribution in [3.05, 3.63) is 35.4 Å². The molecular weight excluding hydrogens is 339 g/mol. The van der Waals surface area contributed by atoms with Crippen molar-refractivity contribution in [1.29, 1.82) is 0 Å². The predicted molar refractivity (Wildman–Crippen MR) is 82.9 cm³/mol. The summed E-state index contributed by atoms with van der Waals surface area (Å²) in [5.74, 6) is -1.72. The van der Waals surface area contributed by atoms with Crippen LogP contribution in [0.25, 0.3) is 0 Å². The first-order valence-corrected chi connectivity index (χ1v) is 7.95. The molecular formula is C17H20F3NO4. The van der Waals surface area contributed by atoms with E-state index in [0.29, 0.717) is 12.1 Å². The highest BCUT2D eigenvalue weighted by molar-refractivity contribution is 5.79. The molecule has 1 heterocycles. The molecule has 8 heteroatoms. The van der Waals surface area contributed by atoms with Crippen molar-refractivity contribution >= 4 is 11.9 Å². The van der Waals surface area contributed by atoms with Gasteiger partial charge in [0.2, 0.25) is 5.91 Å². The van der Waals surface area contributed by atoms with Crippen LogP contribution in [0.1, 0.15) is 24.5 Å². The molecule has 0 unspecified atom stereocenters. The fourth-order valence-corrected chi connectivity index (χ4v) is 2.86. The van der Waals surface area contributed by atoms with Crippen LogP contribution in [0.15, 0.2) is 24.3 Å². The first-order valence-electron chi connectivity index (χ1n) is 7.95. The van der Waals surface area contributed by atoms with Gasteiger partial charge in [-0.15, -0.1) is 0 Å². The summed E-state index contributed by atoms with van der Waals surface area (Å²) >= 11 is 0. The Labute approximate surface area is 143 Å². The van der Waals surface area contributed by atoms with Crippen molar-refractivity contribution in [2.45, 2.75) is 32.0 Å². The molecule has 1 aliphatic rings. The van der Waals surface area contributed by atoms with Crippen LogP contribution in [0.3, 0.4) is 0 Å². The lowest BCUT2D eigenvalue weighted by Gasteiger charge is -2.34. The molecule has 2 atom stereocenters. The summed E-state index contributed by atoms with van der Waals surface area (Å²) in [6, 6.07) is 4.93. The number of ether oxygens (including phenoxy) is 1. The number of amides is 1. The third-order valence-electron chi connectivity index (χ3n) is 4.07. The van der Waals surface area contributed by atoms with Crippen molar-refractivity contribution < 1.29 is 32.6 Å². The molecule has 1 aromatic carbocycles. The van der Waals surface area contributed by atoms with Gasteiger partial charge in [-0.05, 0) is 18.1 Å². The summed E-state index contributed by atoms with van der Waals surface area (Å²) in [6.45, 7) is 2.43. The zero-order valence-corrected chi connectivity index (χ0v) is 13.8. The van der Waals surface area contributed by atoms with Gasteiger partial charge in [0.25, 0.3) is 0 Å². The van der Waals surface area contributed by atoms with E-state index >= 15 is 0 Å². The molecule has 0 spiro atoms. The van der Waals surface area contributed by atoms with E-state index in [1.54, 1.807) is 13.0 Å². The highest BCUT2D eigenvalue weighted by atomic mass is 19.4. The molecule has 0 aromatic heterocycles. The highest BCUT2D eigenvalue weighted by Crippen LogP contribution is 2.30. The summed E-state index contributed by atoms with van der Waals surface area (Å²) in [5.41, 5.74) is -0.302.